The van der Waals surface area contributed by atoms with E-state index in [1.54, 1.807) is 6.92 Å². The van der Waals surface area contributed by atoms with Gasteiger partial charge in [0.25, 0.3) is 0 Å². The van der Waals surface area contributed by atoms with E-state index >= 15 is 0 Å². The van der Waals surface area contributed by atoms with Gasteiger partial charge >= 0.3 is 0 Å². The number of pyridine rings is 1. The lowest BCUT2D eigenvalue weighted by molar-refractivity contribution is 0.101. The average Bonchev–Trinajstić information content (AvgIpc) is 1.96. The minimum Gasteiger partial charge on any atom is -0.294 e. The number of ketones is 1. The lowest BCUT2D eigenvalue weighted by Crippen LogP contribution is -2.16. The van der Waals surface area contributed by atoms with Gasteiger partial charge in [0.1, 0.15) is 0 Å². The Bertz CT molecular complexity index is 355. The van der Waals surface area contributed by atoms with E-state index in [0.29, 0.717) is 0 Å². The van der Waals surface area contributed by atoms with Crippen LogP contribution in [0.25, 0.3) is 11.3 Å². The lowest BCUT2D eigenvalue weighted by Gasteiger charge is -2.24. The van der Waals surface area contributed by atoms with E-state index in [9.17, 15) is 4.79 Å². The maximum atomic E-state index is 11.1. The van der Waals surface area contributed by atoms with Crippen LogP contribution in [0.5, 0.6) is 0 Å². The highest BCUT2D eigenvalue weighted by molar-refractivity contribution is 6.08. The smallest absolute Gasteiger partial charge is 0.162 e. The molecule has 0 N–H and O–H groups in total. The van der Waals surface area contributed by atoms with Gasteiger partial charge in [-0.1, -0.05) is 13.3 Å². The number of fused-ring (bicyclic) bond motifs is 1. The monoisotopic (exact) mass is 161 g/mol. The highest BCUT2D eigenvalue weighted by atomic mass is 16.1. The first-order valence-electron chi connectivity index (χ1n) is 4.29. The number of nitrogens with zero attached hydrogens (tertiary/aromatic N) is 1. The van der Waals surface area contributed by atoms with E-state index in [4.69, 9.17) is 0 Å². The van der Waals surface area contributed by atoms with Crippen LogP contribution in [0.15, 0.2) is 6.20 Å². The van der Waals surface area contributed by atoms with Gasteiger partial charge in [0.05, 0.1) is 5.69 Å². The third-order valence-electron chi connectivity index (χ3n) is 2.29. The van der Waals surface area contributed by atoms with Crippen LogP contribution in [0, 0.1) is 0 Å². The van der Waals surface area contributed by atoms with Crippen molar-refractivity contribution in [1.82, 2.24) is 4.98 Å². The van der Waals surface area contributed by atoms with Crippen molar-refractivity contribution in [3.8, 4) is 11.3 Å². The molecule has 2 nitrogen and oxygen atoms in total. The lowest BCUT2D eigenvalue weighted by atomic mass is 9.82. The summed E-state index contributed by atoms with van der Waals surface area (Å²) in [5.41, 5.74) is 4.29. The minimum atomic E-state index is 0.161. The molecule has 1 heterocycles. The summed E-state index contributed by atoms with van der Waals surface area (Å²) in [6.07, 6.45) is 3.96. The zero-order chi connectivity index (χ0) is 8.72. The van der Waals surface area contributed by atoms with Crippen molar-refractivity contribution < 1.29 is 4.79 Å². The Hall–Kier alpha value is -1.18. The maximum Gasteiger partial charge on any atom is 0.162 e. The Kier molecular flexibility index (Phi) is 1.50. The highest BCUT2D eigenvalue weighted by Gasteiger charge is 2.29. The van der Waals surface area contributed by atoms with Crippen molar-refractivity contribution in [3.05, 3.63) is 17.3 Å². The molecular formula is C10H11NO. The number of rotatable bonds is 3. The Balaban J connectivity index is 2.38. The second-order valence-corrected chi connectivity index (χ2v) is 3.18. The molecule has 0 unspecified atom stereocenters. The van der Waals surface area contributed by atoms with E-state index in [1.807, 2.05) is 6.20 Å². The first kappa shape index (κ1) is 7.47. The van der Waals surface area contributed by atoms with Crippen LogP contribution in [-0.2, 0) is 6.42 Å². The molecule has 0 radical (unpaired) electrons. The van der Waals surface area contributed by atoms with Crippen LogP contribution < -0.4 is 0 Å². The summed E-state index contributed by atoms with van der Waals surface area (Å²) in [5.74, 6) is 0.161. The van der Waals surface area contributed by atoms with Crippen molar-refractivity contribution in [1.29, 1.82) is 0 Å². The SMILES string of the molecule is CCCc1c2cnc-2c1C(C)=O. The van der Waals surface area contributed by atoms with E-state index < -0.39 is 0 Å². The molecule has 0 amide bonds. The molecule has 0 aromatic carbocycles. The summed E-state index contributed by atoms with van der Waals surface area (Å²) < 4.78 is 0. The van der Waals surface area contributed by atoms with Crippen molar-refractivity contribution >= 4 is 5.78 Å². The molecule has 2 aliphatic rings. The fourth-order valence-corrected chi connectivity index (χ4v) is 1.72. The Morgan fingerprint density at radius 3 is 2.75 bits per heavy atom. The van der Waals surface area contributed by atoms with Gasteiger partial charge in [-0.25, -0.2) is 0 Å². The largest absolute Gasteiger partial charge is 0.294 e. The second-order valence-electron chi connectivity index (χ2n) is 3.18. The van der Waals surface area contributed by atoms with Crippen LogP contribution in [0.3, 0.4) is 0 Å². The van der Waals surface area contributed by atoms with Crippen molar-refractivity contribution in [2.24, 2.45) is 0 Å². The number of Topliss-reactive ketones (excluding diaryl/α,β-unsaturated/α-hetero) is 1. The van der Waals surface area contributed by atoms with Crippen LogP contribution in [0.1, 0.15) is 36.2 Å². The van der Waals surface area contributed by atoms with Crippen LogP contribution in [0.4, 0.5) is 0 Å². The predicted octanol–water partition coefficient (Wildman–Crippen LogP) is 2.22. The zero-order valence-electron chi connectivity index (χ0n) is 7.35. The van der Waals surface area contributed by atoms with Gasteiger partial charge in [0.2, 0.25) is 0 Å². The van der Waals surface area contributed by atoms with Gasteiger partial charge in [-0.05, 0) is 18.9 Å². The number of carbonyl (C=O) groups excluding carboxylic acids is 1. The second kappa shape index (κ2) is 2.41. The van der Waals surface area contributed by atoms with Gasteiger partial charge in [0.15, 0.2) is 5.78 Å². The number of hydrogen-bond donors (Lipinski definition) is 0. The van der Waals surface area contributed by atoms with Gasteiger partial charge in [-0.15, -0.1) is 0 Å². The maximum absolute atomic E-state index is 11.1. The molecule has 0 atom stereocenters. The minimum absolute atomic E-state index is 0.161. The topological polar surface area (TPSA) is 30.0 Å². The van der Waals surface area contributed by atoms with Crippen LogP contribution >= 0.6 is 0 Å². The molecule has 0 aromatic rings. The van der Waals surface area contributed by atoms with Gasteiger partial charge in [-0.2, -0.15) is 0 Å². The third-order valence-corrected chi connectivity index (χ3v) is 2.29. The summed E-state index contributed by atoms with van der Waals surface area (Å²) in [7, 11) is 0. The summed E-state index contributed by atoms with van der Waals surface area (Å²) in [5, 5.41) is 0. The van der Waals surface area contributed by atoms with Crippen molar-refractivity contribution in [2.75, 3.05) is 0 Å². The molecule has 0 aromatic heterocycles. The average molecular weight is 161 g/mol. The number of carbonyl (C=O) groups is 1. The molecule has 2 rings (SSSR count). The summed E-state index contributed by atoms with van der Waals surface area (Å²) in [6.45, 7) is 3.74. The molecule has 0 saturated heterocycles. The molecule has 2 heteroatoms. The van der Waals surface area contributed by atoms with Crippen molar-refractivity contribution in [2.45, 2.75) is 26.7 Å². The van der Waals surface area contributed by atoms with Crippen molar-refractivity contribution in [3.63, 3.8) is 0 Å². The van der Waals surface area contributed by atoms with Crippen LogP contribution in [0.2, 0.25) is 0 Å². The number of hydrogen-bond acceptors (Lipinski definition) is 2. The van der Waals surface area contributed by atoms with E-state index in [1.165, 1.54) is 11.1 Å². The molecule has 12 heavy (non-hydrogen) atoms. The molecule has 62 valence electrons. The quantitative estimate of drug-likeness (QED) is 0.646. The first-order chi connectivity index (χ1) is 5.75. The number of aromatic nitrogens is 1. The fraction of sp³-hybridized carbons (Fsp3) is 0.400. The molecule has 1 aliphatic carbocycles. The van der Waals surface area contributed by atoms with E-state index in [-0.39, 0.29) is 5.78 Å². The van der Waals surface area contributed by atoms with Gasteiger partial charge in [0, 0.05) is 17.3 Å². The van der Waals surface area contributed by atoms with E-state index in [2.05, 4.69) is 11.9 Å². The Morgan fingerprint density at radius 1 is 1.58 bits per heavy atom. The highest BCUT2D eigenvalue weighted by Crippen LogP contribution is 2.40. The molecule has 1 aliphatic heterocycles. The molecular weight excluding hydrogens is 150 g/mol. The van der Waals surface area contributed by atoms with Gasteiger partial charge < -0.3 is 0 Å². The van der Waals surface area contributed by atoms with Gasteiger partial charge in [-0.3, -0.25) is 9.78 Å². The first-order valence-corrected chi connectivity index (χ1v) is 4.29. The summed E-state index contributed by atoms with van der Waals surface area (Å²) in [6, 6.07) is 0. The summed E-state index contributed by atoms with van der Waals surface area (Å²) in [4.78, 5) is 15.2. The standard InChI is InChI=1S/C10H11NO/c1-3-4-7-8-5-11-10(8)9(7)6(2)12/h5H,3-4H2,1-2H3. The molecule has 0 saturated carbocycles. The molecule has 0 spiro atoms. The Labute approximate surface area is 71.6 Å². The summed E-state index contributed by atoms with van der Waals surface area (Å²) >= 11 is 0. The van der Waals surface area contributed by atoms with Crippen LogP contribution in [-0.4, -0.2) is 10.8 Å². The third kappa shape index (κ3) is 0.750. The molecule has 0 bridgehead atoms. The zero-order valence-corrected chi connectivity index (χ0v) is 7.35. The Morgan fingerprint density at radius 2 is 2.33 bits per heavy atom. The predicted molar refractivity (Wildman–Crippen MR) is 47.2 cm³/mol. The molecule has 0 fully saturated rings. The fourth-order valence-electron chi connectivity index (χ4n) is 1.72. The normalized spacial score (nSPS) is 11.5. The van der Waals surface area contributed by atoms with E-state index in [0.717, 1.165) is 24.1 Å².